The van der Waals surface area contributed by atoms with Gasteiger partial charge >= 0.3 is 5.97 Å². The Morgan fingerprint density at radius 2 is 2.00 bits per heavy atom. The second-order valence-electron chi connectivity index (χ2n) is 3.85. The van der Waals surface area contributed by atoms with E-state index in [9.17, 15) is 22.8 Å². The lowest BCUT2D eigenvalue weighted by Gasteiger charge is -2.10. The SMILES string of the molecule is O=C(O)C1=NOC(C(=O)Nc2ccc(F)c(F)c2F)C1. The highest BCUT2D eigenvalue weighted by Crippen LogP contribution is 2.21. The molecule has 1 atom stereocenters. The van der Waals surface area contributed by atoms with Gasteiger partial charge in [0.15, 0.2) is 23.2 Å². The maximum atomic E-state index is 13.3. The van der Waals surface area contributed by atoms with Gasteiger partial charge in [0.1, 0.15) is 0 Å². The first-order chi connectivity index (χ1) is 9.40. The summed E-state index contributed by atoms with van der Waals surface area (Å²) in [6, 6.07) is 1.47. The lowest BCUT2D eigenvalue weighted by molar-refractivity contribution is -0.129. The first-order valence-electron chi connectivity index (χ1n) is 5.30. The van der Waals surface area contributed by atoms with Crippen molar-refractivity contribution in [3.63, 3.8) is 0 Å². The van der Waals surface area contributed by atoms with E-state index in [1.807, 2.05) is 5.32 Å². The minimum Gasteiger partial charge on any atom is -0.477 e. The molecule has 1 aliphatic rings. The van der Waals surface area contributed by atoms with E-state index in [-0.39, 0.29) is 12.1 Å². The lowest BCUT2D eigenvalue weighted by Crippen LogP contribution is -2.29. The molecule has 0 spiro atoms. The van der Waals surface area contributed by atoms with Crippen LogP contribution >= 0.6 is 0 Å². The smallest absolute Gasteiger partial charge is 0.353 e. The summed E-state index contributed by atoms with van der Waals surface area (Å²) in [7, 11) is 0. The molecule has 0 bridgehead atoms. The predicted molar refractivity (Wildman–Crippen MR) is 59.5 cm³/mol. The number of benzene rings is 1. The van der Waals surface area contributed by atoms with Crippen molar-refractivity contribution in [2.45, 2.75) is 12.5 Å². The molecule has 0 fully saturated rings. The molecule has 106 valence electrons. The van der Waals surface area contributed by atoms with Crippen molar-refractivity contribution in [1.82, 2.24) is 0 Å². The predicted octanol–water partition coefficient (Wildman–Crippen LogP) is 1.27. The van der Waals surface area contributed by atoms with Crippen LogP contribution in [-0.2, 0) is 14.4 Å². The molecule has 0 saturated carbocycles. The van der Waals surface area contributed by atoms with Gasteiger partial charge in [0.2, 0.25) is 6.10 Å². The first kappa shape index (κ1) is 13.8. The van der Waals surface area contributed by atoms with Crippen LogP contribution in [0.3, 0.4) is 0 Å². The summed E-state index contributed by atoms with van der Waals surface area (Å²) in [4.78, 5) is 26.8. The fraction of sp³-hybridized carbons (Fsp3) is 0.182. The highest BCUT2D eigenvalue weighted by atomic mass is 19.2. The summed E-state index contributed by atoms with van der Waals surface area (Å²) in [5.74, 6) is -6.95. The van der Waals surface area contributed by atoms with Gasteiger partial charge in [-0.2, -0.15) is 0 Å². The van der Waals surface area contributed by atoms with Crippen LogP contribution in [-0.4, -0.2) is 28.8 Å². The van der Waals surface area contributed by atoms with E-state index in [1.54, 1.807) is 0 Å². The van der Waals surface area contributed by atoms with Crippen LogP contribution in [0.15, 0.2) is 17.3 Å². The fourth-order valence-corrected chi connectivity index (χ4v) is 1.48. The van der Waals surface area contributed by atoms with E-state index < -0.39 is 41.1 Å². The standard InChI is InChI=1S/C11H7F3N2O4/c12-4-1-2-5(9(14)8(4)13)15-10(17)7-3-6(11(18)19)16-20-7/h1-2,7H,3H2,(H,15,17)(H,18,19). The van der Waals surface area contributed by atoms with E-state index in [4.69, 9.17) is 5.11 Å². The summed E-state index contributed by atoms with van der Waals surface area (Å²) in [6.07, 6.45) is -1.58. The number of carboxylic acids is 1. The van der Waals surface area contributed by atoms with Gasteiger partial charge in [-0.25, -0.2) is 18.0 Å². The van der Waals surface area contributed by atoms with Crippen LogP contribution in [0.4, 0.5) is 18.9 Å². The molecule has 1 unspecified atom stereocenters. The number of hydrogen-bond donors (Lipinski definition) is 2. The molecule has 9 heteroatoms. The molecule has 1 aliphatic heterocycles. The summed E-state index contributed by atoms with van der Waals surface area (Å²) in [5.41, 5.74) is -0.947. The van der Waals surface area contributed by atoms with Crippen LogP contribution in [0.1, 0.15) is 6.42 Å². The number of nitrogens with zero attached hydrogens (tertiary/aromatic N) is 1. The minimum absolute atomic E-state index is 0.313. The Bertz CT molecular complexity index is 618. The van der Waals surface area contributed by atoms with Crippen molar-refractivity contribution in [2.24, 2.45) is 5.16 Å². The zero-order chi connectivity index (χ0) is 14.9. The van der Waals surface area contributed by atoms with Crippen LogP contribution in [0, 0.1) is 17.5 Å². The van der Waals surface area contributed by atoms with Crippen molar-refractivity contribution >= 4 is 23.3 Å². The molecule has 0 saturated heterocycles. The van der Waals surface area contributed by atoms with Gasteiger partial charge in [0.25, 0.3) is 5.91 Å². The summed E-state index contributed by atoms with van der Waals surface area (Å²) < 4.78 is 39.0. The maximum absolute atomic E-state index is 13.3. The number of amides is 1. The number of carboxylic acid groups (broad SMARTS) is 1. The Morgan fingerprint density at radius 1 is 1.30 bits per heavy atom. The summed E-state index contributed by atoms with van der Waals surface area (Å²) in [6.45, 7) is 0. The Labute approximate surface area is 109 Å². The molecular weight excluding hydrogens is 281 g/mol. The Kier molecular flexibility index (Phi) is 3.59. The van der Waals surface area contributed by atoms with E-state index in [2.05, 4.69) is 9.99 Å². The Balaban J connectivity index is 2.07. The third-order valence-corrected chi connectivity index (χ3v) is 2.50. The molecular formula is C11H7F3N2O4. The molecule has 20 heavy (non-hydrogen) atoms. The zero-order valence-electron chi connectivity index (χ0n) is 9.69. The number of carbonyl (C=O) groups excluding carboxylic acids is 1. The highest BCUT2D eigenvalue weighted by molar-refractivity contribution is 6.36. The van der Waals surface area contributed by atoms with Crippen molar-refractivity contribution in [3.8, 4) is 0 Å². The third-order valence-electron chi connectivity index (χ3n) is 2.50. The molecule has 2 N–H and O–H groups in total. The molecule has 1 aromatic carbocycles. The van der Waals surface area contributed by atoms with Gasteiger partial charge in [0.05, 0.1) is 5.69 Å². The van der Waals surface area contributed by atoms with Crippen LogP contribution in [0.2, 0.25) is 0 Å². The van der Waals surface area contributed by atoms with Gasteiger partial charge in [-0.1, -0.05) is 5.16 Å². The average molecular weight is 288 g/mol. The topological polar surface area (TPSA) is 88.0 Å². The van der Waals surface area contributed by atoms with Gasteiger partial charge in [-0.05, 0) is 12.1 Å². The number of nitrogens with one attached hydrogen (secondary N) is 1. The lowest BCUT2D eigenvalue weighted by atomic mass is 10.1. The van der Waals surface area contributed by atoms with Crippen LogP contribution in [0.25, 0.3) is 0 Å². The molecule has 1 aromatic rings. The monoisotopic (exact) mass is 288 g/mol. The Morgan fingerprint density at radius 3 is 2.60 bits per heavy atom. The number of aliphatic carboxylic acids is 1. The largest absolute Gasteiger partial charge is 0.477 e. The van der Waals surface area contributed by atoms with Crippen molar-refractivity contribution < 1.29 is 32.7 Å². The quantitative estimate of drug-likeness (QED) is 0.820. The van der Waals surface area contributed by atoms with Gasteiger partial charge in [-0.3, -0.25) is 4.79 Å². The number of halogens is 3. The van der Waals surface area contributed by atoms with Crippen molar-refractivity contribution in [2.75, 3.05) is 5.32 Å². The fourth-order valence-electron chi connectivity index (χ4n) is 1.48. The number of oxime groups is 1. The molecule has 0 aliphatic carbocycles. The highest BCUT2D eigenvalue weighted by Gasteiger charge is 2.32. The minimum atomic E-state index is -1.72. The van der Waals surface area contributed by atoms with Crippen molar-refractivity contribution in [1.29, 1.82) is 0 Å². The van der Waals surface area contributed by atoms with Crippen LogP contribution < -0.4 is 5.32 Å². The second-order valence-corrected chi connectivity index (χ2v) is 3.85. The number of carbonyl (C=O) groups is 2. The zero-order valence-corrected chi connectivity index (χ0v) is 9.69. The van der Waals surface area contributed by atoms with E-state index in [0.717, 1.165) is 6.07 Å². The third kappa shape index (κ3) is 2.56. The van der Waals surface area contributed by atoms with Crippen LogP contribution in [0.5, 0.6) is 0 Å². The number of anilines is 1. The number of hydrogen-bond acceptors (Lipinski definition) is 4. The Hall–Kier alpha value is -2.58. The molecule has 2 rings (SSSR count). The van der Waals surface area contributed by atoms with Gasteiger partial charge in [-0.15, -0.1) is 0 Å². The first-order valence-corrected chi connectivity index (χ1v) is 5.30. The van der Waals surface area contributed by atoms with E-state index in [1.165, 1.54) is 0 Å². The molecule has 1 heterocycles. The van der Waals surface area contributed by atoms with E-state index in [0.29, 0.717) is 6.07 Å². The van der Waals surface area contributed by atoms with Crippen molar-refractivity contribution in [3.05, 3.63) is 29.6 Å². The number of rotatable bonds is 3. The molecule has 0 radical (unpaired) electrons. The van der Waals surface area contributed by atoms with Gasteiger partial charge in [0, 0.05) is 6.42 Å². The maximum Gasteiger partial charge on any atom is 0.353 e. The molecule has 6 nitrogen and oxygen atoms in total. The molecule has 0 aromatic heterocycles. The second kappa shape index (κ2) is 5.19. The molecule has 1 amide bonds. The summed E-state index contributed by atoms with van der Waals surface area (Å²) >= 11 is 0. The van der Waals surface area contributed by atoms with Gasteiger partial charge < -0.3 is 15.3 Å². The average Bonchev–Trinajstić information content (AvgIpc) is 2.89. The summed E-state index contributed by atoms with van der Waals surface area (Å²) in [5, 5.41) is 13.7. The van der Waals surface area contributed by atoms with E-state index >= 15 is 0 Å². The normalized spacial score (nSPS) is 17.4.